The van der Waals surface area contributed by atoms with Gasteiger partial charge in [0.25, 0.3) is 0 Å². The highest BCUT2D eigenvalue weighted by Gasteiger charge is 2.29. The molecule has 0 aliphatic carbocycles. The minimum atomic E-state index is -0.673. The van der Waals surface area contributed by atoms with E-state index in [4.69, 9.17) is 5.11 Å². The van der Waals surface area contributed by atoms with Crippen LogP contribution < -0.4 is 5.32 Å². The summed E-state index contributed by atoms with van der Waals surface area (Å²) < 4.78 is 0. The molecule has 0 spiro atoms. The normalized spacial score (nSPS) is 27.3. The molecule has 12 heavy (non-hydrogen) atoms. The van der Waals surface area contributed by atoms with Gasteiger partial charge in [-0.15, -0.1) is 12.4 Å². The second-order valence-electron chi connectivity index (χ2n) is 3.84. The maximum Gasteiger partial charge on any atom is 0.307 e. The fourth-order valence-corrected chi connectivity index (χ4v) is 1.34. The molecule has 0 saturated carbocycles. The van der Waals surface area contributed by atoms with E-state index in [2.05, 4.69) is 19.2 Å². The first-order valence-corrected chi connectivity index (χ1v) is 3.99. The lowest BCUT2D eigenvalue weighted by Crippen LogP contribution is -2.48. The van der Waals surface area contributed by atoms with Crippen LogP contribution in [-0.4, -0.2) is 23.2 Å². The van der Waals surface area contributed by atoms with E-state index in [1.807, 2.05) is 0 Å². The number of hydrogen-bond donors (Lipinski definition) is 2. The van der Waals surface area contributed by atoms with Crippen molar-refractivity contribution in [2.75, 3.05) is 6.54 Å². The zero-order chi connectivity index (χ0) is 8.48. The largest absolute Gasteiger partial charge is 0.481 e. The van der Waals surface area contributed by atoms with Crippen LogP contribution in [0, 0.1) is 5.92 Å². The highest BCUT2D eigenvalue weighted by molar-refractivity contribution is 5.85. The molecule has 1 fully saturated rings. The van der Waals surface area contributed by atoms with Crippen LogP contribution in [0.25, 0.3) is 0 Å². The van der Waals surface area contributed by atoms with E-state index in [0.29, 0.717) is 6.54 Å². The molecule has 0 amide bonds. The third kappa shape index (κ3) is 2.99. The van der Waals surface area contributed by atoms with Gasteiger partial charge in [-0.25, -0.2) is 0 Å². The molecule has 2 N–H and O–H groups in total. The summed E-state index contributed by atoms with van der Waals surface area (Å²) in [6, 6.07) is 0. The molecule has 72 valence electrons. The van der Waals surface area contributed by atoms with Crippen molar-refractivity contribution in [2.45, 2.75) is 32.2 Å². The summed E-state index contributed by atoms with van der Waals surface area (Å²) >= 11 is 0. The van der Waals surface area contributed by atoms with Gasteiger partial charge in [-0.2, -0.15) is 0 Å². The van der Waals surface area contributed by atoms with Crippen LogP contribution in [0.1, 0.15) is 26.7 Å². The van der Waals surface area contributed by atoms with E-state index in [0.717, 1.165) is 12.8 Å². The lowest BCUT2D eigenvalue weighted by molar-refractivity contribution is -0.142. The minimum Gasteiger partial charge on any atom is -0.481 e. The number of hydrogen-bond acceptors (Lipinski definition) is 2. The first-order chi connectivity index (χ1) is 5.01. The zero-order valence-corrected chi connectivity index (χ0v) is 8.28. The van der Waals surface area contributed by atoms with Crippen molar-refractivity contribution in [3.63, 3.8) is 0 Å². The van der Waals surface area contributed by atoms with E-state index in [1.54, 1.807) is 0 Å². The lowest BCUT2D eigenvalue weighted by atomic mass is 9.87. The molecule has 0 bridgehead atoms. The highest BCUT2D eigenvalue weighted by Crippen LogP contribution is 2.21. The summed E-state index contributed by atoms with van der Waals surface area (Å²) in [7, 11) is 0. The topological polar surface area (TPSA) is 49.3 Å². The van der Waals surface area contributed by atoms with Gasteiger partial charge in [-0.05, 0) is 26.7 Å². The number of piperidine rings is 1. The molecule has 1 rings (SSSR count). The van der Waals surface area contributed by atoms with Crippen LogP contribution in [0.4, 0.5) is 0 Å². The Morgan fingerprint density at radius 1 is 1.58 bits per heavy atom. The first-order valence-electron chi connectivity index (χ1n) is 3.99. The molecule has 1 aliphatic rings. The predicted octanol–water partition coefficient (Wildman–Crippen LogP) is 1.27. The Labute approximate surface area is 78.9 Å². The zero-order valence-electron chi connectivity index (χ0n) is 7.46. The Morgan fingerprint density at radius 3 is 2.50 bits per heavy atom. The average molecular weight is 194 g/mol. The van der Waals surface area contributed by atoms with Crippen molar-refractivity contribution in [1.82, 2.24) is 5.32 Å². The van der Waals surface area contributed by atoms with Crippen molar-refractivity contribution >= 4 is 18.4 Å². The fourth-order valence-electron chi connectivity index (χ4n) is 1.34. The van der Waals surface area contributed by atoms with Crippen LogP contribution in [-0.2, 0) is 4.79 Å². The number of carboxylic acid groups (broad SMARTS) is 1. The SMILES string of the molecule is CC1(C)CCC(C(=O)O)CN1.Cl. The van der Waals surface area contributed by atoms with Crippen molar-refractivity contribution in [1.29, 1.82) is 0 Å². The number of halogens is 1. The summed E-state index contributed by atoms with van der Waals surface area (Å²) in [5.41, 5.74) is 0.131. The van der Waals surface area contributed by atoms with E-state index in [9.17, 15) is 4.79 Å². The summed E-state index contributed by atoms with van der Waals surface area (Å²) in [5, 5.41) is 11.9. The lowest BCUT2D eigenvalue weighted by Gasteiger charge is -2.34. The van der Waals surface area contributed by atoms with Gasteiger partial charge in [0, 0.05) is 12.1 Å². The minimum absolute atomic E-state index is 0. The number of carbonyl (C=O) groups is 1. The third-order valence-electron chi connectivity index (χ3n) is 2.29. The Hall–Kier alpha value is -0.280. The van der Waals surface area contributed by atoms with Crippen molar-refractivity contribution < 1.29 is 9.90 Å². The first kappa shape index (κ1) is 11.7. The number of aliphatic carboxylic acids is 1. The molecule has 4 heteroatoms. The predicted molar refractivity (Wildman–Crippen MR) is 49.7 cm³/mol. The summed E-state index contributed by atoms with van der Waals surface area (Å²) in [4.78, 5) is 10.5. The smallest absolute Gasteiger partial charge is 0.307 e. The number of nitrogens with one attached hydrogen (secondary N) is 1. The van der Waals surface area contributed by atoms with Crippen LogP contribution in [0.3, 0.4) is 0 Å². The molecule has 1 aliphatic heterocycles. The quantitative estimate of drug-likeness (QED) is 0.660. The van der Waals surface area contributed by atoms with Crippen LogP contribution >= 0.6 is 12.4 Å². The molecule has 3 nitrogen and oxygen atoms in total. The van der Waals surface area contributed by atoms with Gasteiger partial charge in [-0.3, -0.25) is 4.79 Å². The van der Waals surface area contributed by atoms with Gasteiger partial charge >= 0.3 is 5.97 Å². The van der Waals surface area contributed by atoms with Gasteiger partial charge in [0.05, 0.1) is 5.92 Å². The Morgan fingerprint density at radius 2 is 2.17 bits per heavy atom. The summed E-state index contributed by atoms with van der Waals surface area (Å²) in [5.74, 6) is -0.851. The molecule has 0 aromatic heterocycles. The van der Waals surface area contributed by atoms with Crippen LogP contribution in [0.15, 0.2) is 0 Å². The van der Waals surface area contributed by atoms with Gasteiger partial charge in [0.15, 0.2) is 0 Å². The van der Waals surface area contributed by atoms with Gasteiger partial charge in [0.2, 0.25) is 0 Å². The molecule has 0 aromatic rings. The van der Waals surface area contributed by atoms with Crippen molar-refractivity contribution in [2.24, 2.45) is 5.92 Å². The molecular weight excluding hydrogens is 178 g/mol. The molecule has 1 heterocycles. The summed E-state index contributed by atoms with van der Waals surface area (Å²) in [6.07, 6.45) is 1.75. The van der Waals surface area contributed by atoms with Crippen LogP contribution in [0.5, 0.6) is 0 Å². The van der Waals surface area contributed by atoms with Crippen LogP contribution in [0.2, 0.25) is 0 Å². The molecular formula is C8H16ClNO2. The molecule has 0 aromatic carbocycles. The Balaban J connectivity index is 0.00000121. The van der Waals surface area contributed by atoms with Gasteiger partial charge in [0.1, 0.15) is 0 Å². The van der Waals surface area contributed by atoms with Gasteiger partial charge < -0.3 is 10.4 Å². The van der Waals surface area contributed by atoms with E-state index in [-0.39, 0.29) is 23.9 Å². The standard InChI is InChI=1S/C8H15NO2.ClH/c1-8(2)4-3-6(5-9-8)7(10)11;/h6,9H,3-5H2,1-2H3,(H,10,11);1H. The number of carboxylic acids is 1. The molecule has 1 saturated heterocycles. The highest BCUT2D eigenvalue weighted by atomic mass is 35.5. The second-order valence-corrected chi connectivity index (χ2v) is 3.84. The maximum absolute atomic E-state index is 10.5. The summed E-state index contributed by atoms with van der Waals surface area (Å²) in [6.45, 7) is 4.82. The monoisotopic (exact) mass is 193 g/mol. The maximum atomic E-state index is 10.5. The molecule has 0 radical (unpaired) electrons. The van der Waals surface area contributed by atoms with Gasteiger partial charge in [-0.1, -0.05) is 0 Å². The number of rotatable bonds is 1. The van der Waals surface area contributed by atoms with E-state index >= 15 is 0 Å². The second kappa shape index (κ2) is 4.10. The third-order valence-corrected chi connectivity index (χ3v) is 2.29. The Kier molecular flexibility index (Phi) is 4.00. The molecule has 1 atom stereocenters. The Bertz CT molecular complexity index is 160. The average Bonchev–Trinajstić information content (AvgIpc) is 1.86. The van der Waals surface area contributed by atoms with E-state index in [1.165, 1.54) is 0 Å². The fraction of sp³-hybridized carbons (Fsp3) is 0.875. The van der Waals surface area contributed by atoms with Crippen molar-refractivity contribution in [3.8, 4) is 0 Å². The van der Waals surface area contributed by atoms with Crippen molar-refractivity contribution in [3.05, 3.63) is 0 Å². The van der Waals surface area contributed by atoms with E-state index < -0.39 is 5.97 Å². The molecule has 1 unspecified atom stereocenters.